The lowest BCUT2D eigenvalue weighted by Crippen LogP contribution is -1.81. The Balaban J connectivity index is 2.50. The molecule has 0 bridgehead atoms. The summed E-state index contributed by atoms with van der Waals surface area (Å²) in [6.07, 6.45) is 8.07. The number of anilines is 1. The number of hydrogen-bond donors (Lipinski definition) is 1. The van der Waals surface area contributed by atoms with E-state index in [1.807, 2.05) is 18.4 Å². The number of fused-ring (bicyclic) bond motifs is 1. The van der Waals surface area contributed by atoms with Crippen LogP contribution in [0.2, 0.25) is 0 Å². The highest BCUT2D eigenvalue weighted by Crippen LogP contribution is 2.25. The molecule has 0 unspecified atom stereocenters. The van der Waals surface area contributed by atoms with Gasteiger partial charge >= 0.3 is 0 Å². The lowest BCUT2D eigenvalue weighted by molar-refractivity contribution is 1.70. The van der Waals surface area contributed by atoms with E-state index in [-0.39, 0.29) is 0 Å². The maximum atomic E-state index is 3.18. The first-order valence-corrected chi connectivity index (χ1v) is 4.02. The predicted molar refractivity (Wildman–Crippen MR) is 46.1 cm³/mol. The Bertz CT molecular complexity index is 283. The molecule has 0 saturated carbocycles. The third kappa shape index (κ3) is 0.866. The number of rotatable bonds is 0. The minimum absolute atomic E-state index is 1.23. The monoisotopic (exact) mass is 149 g/mol. The SMILES string of the molecule is C1=CNc2sccc2C=C1. The van der Waals surface area contributed by atoms with Gasteiger partial charge in [-0.05, 0) is 17.5 Å². The fraction of sp³-hybridized carbons (Fsp3) is 0. The van der Waals surface area contributed by atoms with Gasteiger partial charge in [-0.1, -0.05) is 12.2 Å². The summed E-state index contributed by atoms with van der Waals surface area (Å²) >= 11 is 1.73. The smallest absolute Gasteiger partial charge is 0.0995 e. The van der Waals surface area contributed by atoms with Crippen LogP contribution in [0, 0.1) is 0 Å². The quantitative estimate of drug-likeness (QED) is 0.598. The van der Waals surface area contributed by atoms with Gasteiger partial charge in [-0.15, -0.1) is 11.3 Å². The summed E-state index contributed by atoms with van der Waals surface area (Å²) in [7, 11) is 0. The Labute approximate surface area is 63.7 Å². The zero-order valence-corrected chi connectivity index (χ0v) is 6.19. The van der Waals surface area contributed by atoms with E-state index in [4.69, 9.17) is 0 Å². The summed E-state index contributed by atoms with van der Waals surface area (Å²) in [6.45, 7) is 0. The fourth-order valence-corrected chi connectivity index (χ4v) is 1.67. The summed E-state index contributed by atoms with van der Waals surface area (Å²) in [6, 6.07) is 2.11. The van der Waals surface area contributed by atoms with Gasteiger partial charge in [0.15, 0.2) is 0 Å². The van der Waals surface area contributed by atoms with Crippen molar-refractivity contribution in [1.29, 1.82) is 0 Å². The number of hydrogen-bond acceptors (Lipinski definition) is 2. The molecule has 2 heterocycles. The van der Waals surface area contributed by atoms with Crippen LogP contribution in [0.4, 0.5) is 5.00 Å². The minimum Gasteiger partial charge on any atom is -0.353 e. The molecule has 1 aliphatic rings. The van der Waals surface area contributed by atoms with Gasteiger partial charge in [0, 0.05) is 11.8 Å². The maximum absolute atomic E-state index is 3.18. The molecule has 0 radical (unpaired) electrons. The van der Waals surface area contributed by atoms with E-state index in [2.05, 4.69) is 22.8 Å². The summed E-state index contributed by atoms with van der Waals surface area (Å²) in [5.74, 6) is 0. The van der Waals surface area contributed by atoms with Crippen molar-refractivity contribution >= 4 is 22.4 Å². The summed E-state index contributed by atoms with van der Waals surface area (Å²) in [5.41, 5.74) is 1.27. The third-order valence-electron chi connectivity index (χ3n) is 1.39. The van der Waals surface area contributed by atoms with Crippen molar-refractivity contribution in [3.05, 3.63) is 35.4 Å². The standard InChI is InChI=1S/C8H7NS/c1-2-5-9-8-7(3-1)4-6-10-8/h1-6,9H. The van der Waals surface area contributed by atoms with Crippen molar-refractivity contribution in [2.45, 2.75) is 0 Å². The summed E-state index contributed by atoms with van der Waals surface area (Å²) in [5, 5.41) is 6.49. The van der Waals surface area contributed by atoms with E-state index in [0.717, 1.165) is 0 Å². The topological polar surface area (TPSA) is 12.0 Å². The van der Waals surface area contributed by atoms with Gasteiger partial charge in [0.2, 0.25) is 0 Å². The van der Waals surface area contributed by atoms with Crippen molar-refractivity contribution in [2.24, 2.45) is 0 Å². The molecule has 0 amide bonds. The van der Waals surface area contributed by atoms with Crippen LogP contribution in [0.5, 0.6) is 0 Å². The Morgan fingerprint density at radius 2 is 2.30 bits per heavy atom. The highest BCUT2D eigenvalue weighted by molar-refractivity contribution is 7.14. The molecule has 1 aromatic rings. The normalized spacial score (nSPS) is 14.0. The minimum atomic E-state index is 1.23. The first-order valence-electron chi connectivity index (χ1n) is 3.14. The highest BCUT2D eigenvalue weighted by atomic mass is 32.1. The molecular weight excluding hydrogens is 142 g/mol. The number of nitrogens with one attached hydrogen (secondary N) is 1. The lowest BCUT2D eigenvalue weighted by Gasteiger charge is -1.93. The molecule has 0 saturated heterocycles. The van der Waals surface area contributed by atoms with Crippen LogP contribution in [0.15, 0.2) is 29.8 Å². The van der Waals surface area contributed by atoms with Crippen LogP contribution in [-0.2, 0) is 0 Å². The molecule has 1 aromatic heterocycles. The van der Waals surface area contributed by atoms with E-state index < -0.39 is 0 Å². The molecule has 1 nitrogen and oxygen atoms in total. The van der Waals surface area contributed by atoms with Crippen molar-refractivity contribution in [2.75, 3.05) is 5.32 Å². The van der Waals surface area contributed by atoms with Crippen LogP contribution in [0.1, 0.15) is 5.56 Å². The molecule has 0 aromatic carbocycles. The molecule has 1 N–H and O–H groups in total. The molecule has 10 heavy (non-hydrogen) atoms. The summed E-state index contributed by atoms with van der Waals surface area (Å²) < 4.78 is 0. The van der Waals surface area contributed by atoms with Crippen LogP contribution < -0.4 is 5.32 Å². The van der Waals surface area contributed by atoms with Crippen LogP contribution in [-0.4, -0.2) is 0 Å². The van der Waals surface area contributed by atoms with E-state index in [1.165, 1.54) is 10.6 Å². The van der Waals surface area contributed by atoms with E-state index in [9.17, 15) is 0 Å². The van der Waals surface area contributed by atoms with Crippen LogP contribution in [0.3, 0.4) is 0 Å². The van der Waals surface area contributed by atoms with Crippen molar-refractivity contribution in [1.82, 2.24) is 0 Å². The van der Waals surface area contributed by atoms with Gasteiger partial charge in [-0.3, -0.25) is 0 Å². The Morgan fingerprint density at radius 1 is 1.30 bits per heavy atom. The zero-order valence-electron chi connectivity index (χ0n) is 5.37. The third-order valence-corrected chi connectivity index (χ3v) is 2.25. The van der Waals surface area contributed by atoms with Crippen molar-refractivity contribution < 1.29 is 0 Å². The molecular formula is C8H7NS. The molecule has 0 atom stereocenters. The fourth-order valence-electron chi connectivity index (χ4n) is 0.906. The maximum Gasteiger partial charge on any atom is 0.0995 e. The predicted octanol–water partition coefficient (Wildman–Crippen LogP) is 2.70. The van der Waals surface area contributed by atoms with Gasteiger partial charge in [0.1, 0.15) is 0 Å². The molecule has 0 fully saturated rings. The van der Waals surface area contributed by atoms with Gasteiger partial charge in [-0.25, -0.2) is 0 Å². The number of allylic oxidation sites excluding steroid dienone is 2. The van der Waals surface area contributed by atoms with Gasteiger partial charge in [0.25, 0.3) is 0 Å². The zero-order chi connectivity index (χ0) is 6.81. The Kier molecular flexibility index (Phi) is 1.32. The molecule has 2 rings (SSSR count). The average molecular weight is 149 g/mol. The van der Waals surface area contributed by atoms with Crippen LogP contribution in [0.25, 0.3) is 6.08 Å². The first kappa shape index (κ1) is 5.74. The van der Waals surface area contributed by atoms with Gasteiger partial charge in [-0.2, -0.15) is 0 Å². The first-order chi connectivity index (χ1) is 4.97. The van der Waals surface area contributed by atoms with Crippen molar-refractivity contribution in [3.8, 4) is 0 Å². The molecule has 1 aliphatic heterocycles. The molecule has 50 valence electrons. The second-order valence-electron chi connectivity index (χ2n) is 2.07. The van der Waals surface area contributed by atoms with E-state index in [1.54, 1.807) is 11.3 Å². The highest BCUT2D eigenvalue weighted by Gasteiger charge is 1.98. The van der Waals surface area contributed by atoms with Gasteiger partial charge in [0.05, 0.1) is 5.00 Å². The lowest BCUT2D eigenvalue weighted by atomic mass is 10.3. The molecule has 2 heteroatoms. The summed E-state index contributed by atoms with van der Waals surface area (Å²) in [4.78, 5) is 0. The Morgan fingerprint density at radius 3 is 3.30 bits per heavy atom. The van der Waals surface area contributed by atoms with Crippen molar-refractivity contribution in [3.63, 3.8) is 0 Å². The van der Waals surface area contributed by atoms with Gasteiger partial charge < -0.3 is 5.32 Å². The Hall–Kier alpha value is -1.02. The van der Waals surface area contributed by atoms with Crippen LogP contribution >= 0.6 is 11.3 Å². The molecule has 0 spiro atoms. The van der Waals surface area contributed by atoms with E-state index in [0.29, 0.717) is 0 Å². The number of thiophene rings is 1. The second kappa shape index (κ2) is 2.31. The second-order valence-corrected chi connectivity index (χ2v) is 2.98. The van der Waals surface area contributed by atoms with E-state index >= 15 is 0 Å². The largest absolute Gasteiger partial charge is 0.353 e. The average Bonchev–Trinajstić information content (AvgIpc) is 2.28. The molecule has 0 aliphatic carbocycles.